The minimum Gasteiger partial charge on any atom is -0.465 e. The van der Waals surface area contributed by atoms with Gasteiger partial charge in [-0.2, -0.15) is 0 Å². The van der Waals surface area contributed by atoms with Gasteiger partial charge in [0.15, 0.2) is 0 Å². The maximum atomic E-state index is 11.3. The molecule has 0 aliphatic carbocycles. The van der Waals surface area contributed by atoms with Crippen LogP contribution in [0, 0.1) is 3.57 Å². The number of methoxy groups -OCH3 is 1. The highest BCUT2D eigenvalue weighted by atomic mass is 127. The first kappa shape index (κ1) is 9.45. The third kappa shape index (κ3) is 1.37. The molecule has 4 nitrogen and oxygen atoms in total. The average Bonchev–Trinajstić information content (AvgIpc) is 2.66. The molecule has 0 saturated heterocycles. The highest BCUT2D eigenvalue weighted by molar-refractivity contribution is 14.1. The number of aromatic amines is 1. The zero-order valence-electron chi connectivity index (χ0n) is 7.37. The van der Waals surface area contributed by atoms with Crippen LogP contribution in [-0.2, 0) is 4.74 Å². The standard InChI is InChI=1S/C9H7IN2O2/c1-14-9(13)6-4-12-8-5(7(6)10)2-3-11-8/h2-4H,1H3,(H,11,12). The molecular formula is C9H7IN2O2. The SMILES string of the molecule is COC(=O)c1cnc2[nH]ccc2c1I. The molecule has 0 bridgehead atoms. The van der Waals surface area contributed by atoms with Crippen LogP contribution in [0.5, 0.6) is 0 Å². The molecule has 5 heteroatoms. The fourth-order valence-electron chi connectivity index (χ4n) is 1.23. The first-order chi connectivity index (χ1) is 6.74. The minimum atomic E-state index is -0.356. The number of fused-ring (bicyclic) bond motifs is 1. The number of nitrogens with one attached hydrogen (secondary N) is 1. The van der Waals surface area contributed by atoms with E-state index in [-0.39, 0.29) is 5.97 Å². The summed E-state index contributed by atoms with van der Waals surface area (Å²) in [5.74, 6) is -0.356. The van der Waals surface area contributed by atoms with E-state index in [0.717, 1.165) is 14.6 Å². The summed E-state index contributed by atoms with van der Waals surface area (Å²) in [4.78, 5) is 18.4. The number of hydrogen-bond acceptors (Lipinski definition) is 3. The monoisotopic (exact) mass is 302 g/mol. The lowest BCUT2D eigenvalue weighted by atomic mass is 10.2. The molecule has 2 aromatic rings. The Morgan fingerprint density at radius 2 is 2.43 bits per heavy atom. The predicted octanol–water partition coefficient (Wildman–Crippen LogP) is 1.95. The fraction of sp³-hybridized carbons (Fsp3) is 0.111. The van der Waals surface area contributed by atoms with Gasteiger partial charge < -0.3 is 9.72 Å². The van der Waals surface area contributed by atoms with Crippen molar-refractivity contribution in [2.45, 2.75) is 0 Å². The van der Waals surface area contributed by atoms with E-state index >= 15 is 0 Å². The summed E-state index contributed by atoms with van der Waals surface area (Å²) in [7, 11) is 1.36. The van der Waals surface area contributed by atoms with Gasteiger partial charge in [0.05, 0.1) is 12.7 Å². The number of hydrogen-bond donors (Lipinski definition) is 1. The van der Waals surface area contributed by atoms with Crippen molar-refractivity contribution < 1.29 is 9.53 Å². The number of H-pyrrole nitrogens is 1. The molecule has 0 fully saturated rings. The van der Waals surface area contributed by atoms with Crippen molar-refractivity contribution in [3.05, 3.63) is 27.6 Å². The molecule has 0 amide bonds. The van der Waals surface area contributed by atoms with Crippen molar-refractivity contribution in [1.29, 1.82) is 0 Å². The van der Waals surface area contributed by atoms with E-state index in [1.165, 1.54) is 13.3 Å². The molecule has 14 heavy (non-hydrogen) atoms. The largest absolute Gasteiger partial charge is 0.465 e. The van der Waals surface area contributed by atoms with E-state index < -0.39 is 0 Å². The van der Waals surface area contributed by atoms with Gasteiger partial charge in [0.2, 0.25) is 0 Å². The molecule has 0 aliphatic heterocycles. The van der Waals surface area contributed by atoms with Gasteiger partial charge in [-0.1, -0.05) is 0 Å². The van der Waals surface area contributed by atoms with E-state index in [4.69, 9.17) is 0 Å². The van der Waals surface area contributed by atoms with Crippen LogP contribution in [0.25, 0.3) is 11.0 Å². The van der Waals surface area contributed by atoms with E-state index in [0.29, 0.717) is 5.56 Å². The van der Waals surface area contributed by atoms with Crippen LogP contribution in [0.4, 0.5) is 0 Å². The Hall–Kier alpha value is -1.11. The van der Waals surface area contributed by atoms with Crippen molar-refractivity contribution in [3.63, 3.8) is 0 Å². The van der Waals surface area contributed by atoms with Crippen LogP contribution in [0.15, 0.2) is 18.5 Å². The number of esters is 1. The minimum absolute atomic E-state index is 0.356. The molecule has 0 unspecified atom stereocenters. The van der Waals surface area contributed by atoms with E-state index in [1.54, 1.807) is 6.20 Å². The molecule has 0 aliphatic rings. The van der Waals surface area contributed by atoms with E-state index in [2.05, 4.69) is 37.3 Å². The summed E-state index contributed by atoms with van der Waals surface area (Å²) in [6, 6.07) is 1.89. The summed E-state index contributed by atoms with van der Waals surface area (Å²) >= 11 is 2.11. The number of halogens is 1. The molecule has 0 atom stereocenters. The van der Waals surface area contributed by atoms with Gasteiger partial charge in [0.1, 0.15) is 5.65 Å². The summed E-state index contributed by atoms with van der Waals surface area (Å²) in [6.45, 7) is 0. The summed E-state index contributed by atoms with van der Waals surface area (Å²) in [5.41, 5.74) is 1.28. The number of pyridine rings is 1. The summed E-state index contributed by atoms with van der Waals surface area (Å²) in [5, 5.41) is 0.938. The van der Waals surface area contributed by atoms with Gasteiger partial charge in [-0.25, -0.2) is 9.78 Å². The highest BCUT2D eigenvalue weighted by Crippen LogP contribution is 2.21. The summed E-state index contributed by atoms with van der Waals surface area (Å²) in [6.07, 6.45) is 3.31. The Balaban J connectivity index is 2.67. The number of carbonyl (C=O) groups excluding carboxylic acids is 1. The lowest BCUT2D eigenvalue weighted by Crippen LogP contribution is -2.04. The van der Waals surface area contributed by atoms with Gasteiger partial charge in [-0.05, 0) is 28.7 Å². The van der Waals surface area contributed by atoms with Crippen LogP contribution >= 0.6 is 22.6 Å². The Morgan fingerprint density at radius 3 is 3.14 bits per heavy atom. The first-order valence-electron chi connectivity index (χ1n) is 3.94. The van der Waals surface area contributed by atoms with Crippen LogP contribution in [0.2, 0.25) is 0 Å². The van der Waals surface area contributed by atoms with Gasteiger partial charge in [0, 0.05) is 21.4 Å². The predicted molar refractivity (Wildman–Crippen MR) is 60.2 cm³/mol. The maximum absolute atomic E-state index is 11.3. The van der Waals surface area contributed by atoms with Crippen LogP contribution in [0.3, 0.4) is 0 Å². The van der Waals surface area contributed by atoms with E-state index in [1.807, 2.05) is 6.07 Å². The molecule has 72 valence electrons. The smallest absolute Gasteiger partial charge is 0.340 e. The lowest BCUT2D eigenvalue weighted by Gasteiger charge is -2.02. The van der Waals surface area contributed by atoms with Gasteiger partial charge in [-0.3, -0.25) is 0 Å². The van der Waals surface area contributed by atoms with Crippen molar-refractivity contribution in [1.82, 2.24) is 9.97 Å². The molecular weight excluding hydrogens is 295 g/mol. The number of nitrogens with zero attached hydrogens (tertiary/aromatic N) is 1. The molecule has 2 rings (SSSR count). The van der Waals surface area contributed by atoms with Gasteiger partial charge in [0.25, 0.3) is 0 Å². The Morgan fingerprint density at radius 1 is 1.64 bits per heavy atom. The first-order valence-corrected chi connectivity index (χ1v) is 5.02. The number of aromatic nitrogens is 2. The van der Waals surface area contributed by atoms with E-state index in [9.17, 15) is 4.79 Å². The Kier molecular flexibility index (Phi) is 2.40. The lowest BCUT2D eigenvalue weighted by molar-refractivity contribution is 0.0599. The maximum Gasteiger partial charge on any atom is 0.340 e. The number of ether oxygens (including phenoxy) is 1. The Bertz CT molecular complexity index is 493. The zero-order chi connectivity index (χ0) is 10.1. The van der Waals surface area contributed by atoms with Crippen molar-refractivity contribution in [2.75, 3.05) is 7.11 Å². The fourth-order valence-corrected chi connectivity index (χ4v) is 2.02. The second-order valence-electron chi connectivity index (χ2n) is 2.72. The van der Waals surface area contributed by atoms with Crippen molar-refractivity contribution in [2.24, 2.45) is 0 Å². The third-order valence-corrected chi connectivity index (χ3v) is 3.09. The zero-order valence-corrected chi connectivity index (χ0v) is 9.53. The molecule has 2 heterocycles. The average molecular weight is 302 g/mol. The normalized spacial score (nSPS) is 10.4. The van der Waals surface area contributed by atoms with Crippen molar-refractivity contribution in [3.8, 4) is 0 Å². The molecule has 2 aromatic heterocycles. The molecule has 0 saturated carbocycles. The molecule has 1 N–H and O–H groups in total. The summed E-state index contributed by atoms with van der Waals surface area (Å²) < 4.78 is 5.51. The third-order valence-electron chi connectivity index (χ3n) is 1.93. The molecule has 0 spiro atoms. The number of rotatable bonds is 1. The molecule has 0 aromatic carbocycles. The second kappa shape index (κ2) is 3.56. The Labute approximate surface area is 93.8 Å². The second-order valence-corrected chi connectivity index (χ2v) is 3.80. The highest BCUT2D eigenvalue weighted by Gasteiger charge is 2.13. The van der Waals surface area contributed by atoms with Gasteiger partial charge >= 0.3 is 5.97 Å². The number of carbonyl (C=O) groups is 1. The van der Waals surface area contributed by atoms with Crippen molar-refractivity contribution >= 4 is 39.6 Å². The van der Waals surface area contributed by atoms with Crippen LogP contribution < -0.4 is 0 Å². The van der Waals surface area contributed by atoms with Crippen LogP contribution in [-0.4, -0.2) is 23.0 Å². The quantitative estimate of drug-likeness (QED) is 0.647. The molecule has 0 radical (unpaired) electrons. The topological polar surface area (TPSA) is 55.0 Å². The van der Waals surface area contributed by atoms with Gasteiger partial charge in [-0.15, -0.1) is 0 Å². The van der Waals surface area contributed by atoms with Crippen LogP contribution in [0.1, 0.15) is 10.4 Å².